The Morgan fingerprint density at radius 2 is 2.27 bits per heavy atom. The number of nitrogens with zero attached hydrogens (tertiary/aromatic N) is 1. The summed E-state index contributed by atoms with van der Waals surface area (Å²) in [6.45, 7) is 6.48. The summed E-state index contributed by atoms with van der Waals surface area (Å²) in [7, 11) is 0. The van der Waals surface area contributed by atoms with Gasteiger partial charge in [-0.25, -0.2) is 0 Å². The van der Waals surface area contributed by atoms with Crippen molar-refractivity contribution in [2.45, 2.75) is 38.6 Å². The maximum atomic E-state index is 5.54. The van der Waals surface area contributed by atoms with Crippen molar-refractivity contribution in [3.63, 3.8) is 0 Å². The van der Waals surface area contributed by atoms with Crippen molar-refractivity contribution in [3.05, 3.63) is 0 Å². The van der Waals surface area contributed by atoms with E-state index < -0.39 is 0 Å². The molecule has 0 N–H and O–H groups in total. The van der Waals surface area contributed by atoms with Crippen molar-refractivity contribution < 1.29 is 4.74 Å². The monoisotopic (exact) mass is 229 g/mol. The highest BCUT2D eigenvalue weighted by Gasteiger charge is 2.38. The van der Waals surface area contributed by atoms with Crippen molar-refractivity contribution in [2.24, 2.45) is 5.41 Å². The van der Waals surface area contributed by atoms with E-state index in [-0.39, 0.29) is 0 Å². The molecule has 2 rings (SSSR count). The number of hydrogen-bond acceptors (Lipinski definition) is 3. The van der Waals surface area contributed by atoms with Crippen LogP contribution in [0.25, 0.3) is 0 Å². The summed E-state index contributed by atoms with van der Waals surface area (Å²) in [6.07, 6.45) is 5.37. The molecule has 2 fully saturated rings. The van der Waals surface area contributed by atoms with Crippen LogP contribution in [0.15, 0.2) is 0 Å². The van der Waals surface area contributed by atoms with Crippen LogP contribution in [0.5, 0.6) is 0 Å². The number of ether oxygens (including phenoxy) is 1. The minimum absolute atomic E-state index is 0.536. The molecule has 1 saturated heterocycles. The first-order valence-corrected chi connectivity index (χ1v) is 6.85. The van der Waals surface area contributed by atoms with E-state index in [1.807, 2.05) is 0 Å². The zero-order valence-electron chi connectivity index (χ0n) is 9.74. The molecule has 2 nitrogen and oxygen atoms in total. The summed E-state index contributed by atoms with van der Waals surface area (Å²) in [5, 5.41) is 0. The second-order valence-electron chi connectivity index (χ2n) is 5.12. The van der Waals surface area contributed by atoms with Gasteiger partial charge < -0.3 is 4.74 Å². The molecule has 2 aliphatic rings. The first-order valence-electron chi connectivity index (χ1n) is 6.22. The third kappa shape index (κ3) is 2.51. The fourth-order valence-electron chi connectivity index (χ4n) is 2.75. The highest BCUT2D eigenvalue weighted by molar-refractivity contribution is 7.80. The van der Waals surface area contributed by atoms with Crippen LogP contribution < -0.4 is 0 Å². The van der Waals surface area contributed by atoms with E-state index in [1.165, 1.54) is 32.2 Å². The van der Waals surface area contributed by atoms with Gasteiger partial charge >= 0.3 is 0 Å². The van der Waals surface area contributed by atoms with Gasteiger partial charge in [0, 0.05) is 19.1 Å². The van der Waals surface area contributed by atoms with Gasteiger partial charge in [-0.3, -0.25) is 4.90 Å². The van der Waals surface area contributed by atoms with Crippen LogP contribution in [0.3, 0.4) is 0 Å². The minimum Gasteiger partial charge on any atom is -0.378 e. The molecule has 1 aliphatic carbocycles. The van der Waals surface area contributed by atoms with E-state index in [0.717, 1.165) is 25.5 Å². The zero-order valence-corrected chi connectivity index (χ0v) is 10.6. The Morgan fingerprint density at radius 1 is 1.47 bits per heavy atom. The molecule has 0 aromatic heterocycles. The average Bonchev–Trinajstić information content (AvgIpc) is 2.24. The van der Waals surface area contributed by atoms with Gasteiger partial charge in [-0.15, -0.1) is 0 Å². The summed E-state index contributed by atoms with van der Waals surface area (Å²) in [5.41, 5.74) is 0.536. The van der Waals surface area contributed by atoms with Crippen LogP contribution in [0.2, 0.25) is 0 Å². The Balaban J connectivity index is 1.90. The van der Waals surface area contributed by atoms with Gasteiger partial charge in [-0.1, -0.05) is 13.3 Å². The fraction of sp³-hybridized carbons (Fsp3) is 1.00. The highest BCUT2D eigenvalue weighted by atomic mass is 32.1. The summed E-state index contributed by atoms with van der Waals surface area (Å²) < 4.78 is 5.54. The number of thiol groups is 1. The molecule has 1 saturated carbocycles. The molecule has 3 heteroatoms. The SMILES string of the molecule is CCC1COCCN1CC1(CS)CCC1. The lowest BCUT2D eigenvalue weighted by atomic mass is 9.69. The minimum atomic E-state index is 0.536. The van der Waals surface area contributed by atoms with Gasteiger partial charge in [0.1, 0.15) is 0 Å². The maximum absolute atomic E-state index is 5.54. The van der Waals surface area contributed by atoms with E-state index in [2.05, 4.69) is 24.5 Å². The molecule has 1 aliphatic heterocycles. The van der Waals surface area contributed by atoms with Crippen LogP contribution in [0, 0.1) is 5.41 Å². The molecule has 0 aromatic carbocycles. The zero-order chi connectivity index (χ0) is 10.7. The topological polar surface area (TPSA) is 12.5 Å². The molecule has 1 atom stereocenters. The molecule has 88 valence electrons. The van der Waals surface area contributed by atoms with Crippen molar-refractivity contribution in [1.82, 2.24) is 4.90 Å². The molecule has 1 heterocycles. The second kappa shape index (κ2) is 5.07. The molecular weight excluding hydrogens is 206 g/mol. The fourth-order valence-corrected chi connectivity index (χ4v) is 3.16. The average molecular weight is 229 g/mol. The smallest absolute Gasteiger partial charge is 0.0622 e. The Kier molecular flexibility index (Phi) is 3.97. The lowest BCUT2D eigenvalue weighted by molar-refractivity contribution is -0.0375. The summed E-state index contributed by atoms with van der Waals surface area (Å²) in [6, 6.07) is 0.649. The number of hydrogen-bond donors (Lipinski definition) is 1. The van der Waals surface area contributed by atoms with E-state index in [0.29, 0.717) is 11.5 Å². The second-order valence-corrected chi connectivity index (χ2v) is 5.44. The van der Waals surface area contributed by atoms with E-state index in [9.17, 15) is 0 Å². The van der Waals surface area contributed by atoms with Gasteiger partial charge in [-0.05, 0) is 30.4 Å². The molecule has 0 amide bonds. The van der Waals surface area contributed by atoms with Crippen LogP contribution in [-0.2, 0) is 4.74 Å². The van der Waals surface area contributed by atoms with Crippen LogP contribution in [0.1, 0.15) is 32.6 Å². The Labute approximate surface area is 98.8 Å². The largest absolute Gasteiger partial charge is 0.378 e. The van der Waals surface area contributed by atoms with Gasteiger partial charge in [0.2, 0.25) is 0 Å². The van der Waals surface area contributed by atoms with Crippen molar-refractivity contribution in [3.8, 4) is 0 Å². The van der Waals surface area contributed by atoms with E-state index >= 15 is 0 Å². The number of morpholine rings is 1. The molecule has 0 aromatic rings. The van der Waals surface area contributed by atoms with Crippen molar-refractivity contribution in [2.75, 3.05) is 32.1 Å². The summed E-state index contributed by atoms with van der Waals surface area (Å²) >= 11 is 4.53. The first-order chi connectivity index (χ1) is 7.29. The summed E-state index contributed by atoms with van der Waals surface area (Å²) in [5.74, 6) is 1.06. The number of rotatable bonds is 4. The molecule has 15 heavy (non-hydrogen) atoms. The van der Waals surface area contributed by atoms with E-state index in [1.54, 1.807) is 0 Å². The predicted molar refractivity (Wildman–Crippen MR) is 66.6 cm³/mol. The van der Waals surface area contributed by atoms with Crippen molar-refractivity contribution in [1.29, 1.82) is 0 Å². The van der Waals surface area contributed by atoms with Gasteiger partial charge in [0.15, 0.2) is 0 Å². The Bertz CT molecular complexity index is 200. The molecule has 0 radical (unpaired) electrons. The van der Waals surface area contributed by atoms with Gasteiger partial charge in [-0.2, -0.15) is 12.6 Å². The lowest BCUT2D eigenvalue weighted by Gasteiger charge is -2.47. The maximum Gasteiger partial charge on any atom is 0.0622 e. The van der Waals surface area contributed by atoms with Crippen LogP contribution >= 0.6 is 12.6 Å². The molecule has 0 bridgehead atoms. The molecule has 0 spiro atoms. The summed E-state index contributed by atoms with van der Waals surface area (Å²) in [4.78, 5) is 2.64. The first kappa shape index (κ1) is 11.7. The highest BCUT2D eigenvalue weighted by Crippen LogP contribution is 2.42. The molecule has 1 unspecified atom stereocenters. The van der Waals surface area contributed by atoms with Gasteiger partial charge in [0.05, 0.1) is 13.2 Å². The lowest BCUT2D eigenvalue weighted by Crippen LogP contribution is -2.52. The van der Waals surface area contributed by atoms with Crippen LogP contribution in [-0.4, -0.2) is 43.0 Å². The Morgan fingerprint density at radius 3 is 2.80 bits per heavy atom. The third-order valence-electron chi connectivity index (χ3n) is 4.11. The predicted octanol–water partition coefficient (Wildman–Crippen LogP) is 2.20. The standard InChI is InChI=1S/C12H23NOS/c1-2-11-8-14-7-6-13(11)9-12(10-15)4-3-5-12/h11,15H,2-10H2,1H3. The van der Waals surface area contributed by atoms with Gasteiger partial charge in [0.25, 0.3) is 0 Å². The molecular formula is C12H23NOS. The van der Waals surface area contributed by atoms with E-state index in [4.69, 9.17) is 4.74 Å². The van der Waals surface area contributed by atoms with Crippen molar-refractivity contribution >= 4 is 12.6 Å². The normalized spacial score (nSPS) is 31.2. The van der Waals surface area contributed by atoms with Crippen LogP contribution in [0.4, 0.5) is 0 Å². The Hall–Kier alpha value is 0.270. The quantitative estimate of drug-likeness (QED) is 0.742. The third-order valence-corrected chi connectivity index (χ3v) is 4.78.